The van der Waals surface area contributed by atoms with Gasteiger partial charge in [0.25, 0.3) is 0 Å². The van der Waals surface area contributed by atoms with Gasteiger partial charge in [0.2, 0.25) is 0 Å². The predicted molar refractivity (Wildman–Crippen MR) is 233 cm³/mol. The number of benzene rings is 1. The highest BCUT2D eigenvalue weighted by Gasteiger charge is 2.17. The maximum Gasteiger partial charge on any atom is 0.335 e. The van der Waals surface area contributed by atoms with E-state index in [1.807, 2.05) is 0 Å². The molecule has 0 aliphatic heterocycles. The molecule has 1 rings (SSSR count). The zero-order chi connectivity index (χ0) is 37.4. The van der Waals surface area contributed by atoms with Crippen molar-refractivity contribution in [3.8, 4) is 11.5 Å². The number of hydrogen-bond donors (Lipinski definition) is 1. The lowest BCUT2D eigenvalue weighted by Gasteiger charge is -2.15. The molecule has 0 heterocycles. The molecule has 0 bridgehead atoms. The van der Waals surface area contributed by atoms with Gasteiger partial charge in [-0.3, -0.25) is 0 Å². The van der Waals surface area contributed by atoms with Crippen LogP contribution in [0.15, 0.2) is 18.2 Å². The Morgan fingerprint density at radius 1 is 0.608 bits per heavy atom. The molecule has 0 radical (unpaired) electrons. The van der Waals surface area contributed by atoms with Gasteiger partial charge < -0.3 is 24.2 Å². The second kappa shape index (κ2) is 33.8. The average molecular weight is 819 g/mol. The number of carboxylic acids is 1. The van der Waals surface area contributed by atoms with Crippen LogP contribution in [-0.2, 0) is 9.59 Å². The summed E-state index contributed by atoms with van der Waals surface area (Å²) in [6.45, 7) is 4.56. The van der Waals surface area contributed by atoms with E-state index in [1.165, 1.54) is 151 Å². The second-order valence-corrected chi connectivity index (χ2v) is 19.8. The molecule has 290 valence electrons. The fourth-order valence-electron chi connectivity index (χ4n) is 5.23. The lowest BCUT2D eigenvalue weighted by atomic mass is 10.1. The molecule has 0 saturated carbocycles. The van der Waals surface area contributed by atoms with Gasteiger partial charge in [0.1, 0.15) is 54.8 Å². The van der Waals surface area contributed by atoms with Crippen LogP contribution in [0.25, 0.3) is 0 Å². The van der Waals surface area contributed by atoms with Gasteiger partial charge in [-0.25, -0.2) is 4.79 Å². The number of rotatable bonds is 33. The number of aldehydes is 2. The van der Waals surface area contributed by atoms with Crippen LogP contribution in [0.5, 0.6) is 11.5 Å². The number of carboxylic acid groups (broad SMARTS) is 1. The molecule has 0 aromatic heterocycles. The molecule has 0 amide bonds. The number of thiocarbonyl (C=S) groups is 2. The molecule has 12 heteroatoms. The molecule has 1 aromatic rings. The fourth-order valence-corrected chi connectivity index (χ4v) is 10.2. The van der Waals surface area contributed by atoms with E-state index in [0.717, 1.165) is 36.9 Å². The highest BCUT2D eigenvalue weighted by Crippen LogP contribution is 2.28. The first-order valence-corrected chi connectivity index (χ1v) is 23.6. The normalized spacial score (nSPS) is 12.3. The third-order valence-corrected chi connectivity index (χ3v) is 13.7. The SMILES string of the molecule is CCCCCCCCCCCCSC(=S)SC(C=O)COc1cc(OCC(C=O)SC(=S)SCCCCCCCCCCCC)cc(C(=O)O)c1. The second-order valence-electron chi connectivity index (χ2n) is 12.8. The molecule has 0 aliphatic carbocycles. The minimum absolute atomic E-state index is 0.0155. The van der Waals surface area contributed by atoms with Gasteiger partial charge in [0.15, 0.2) is 0 Å². The number of carbonyl (C=O) groups excluding carboxylic acids is 2. The summed E-state index contributed by atoms with van der Waals surface area (Å²) in [5.74, 6) is 1.25. The minimum Gasteiger partial charge on any atom is -0.492 e. The lowest BCUT2D eigenvalue weighted by molar-refractivity contribution is -0.108. The number of aromatic carboxylic acids is 1. The van der Waals surface area contributed by atoms with Crippen molar-refractivity contribution < 1.29 is 29.0 Å². The van der Waals surface area contributed by atoms with E-state index < -0.39 is 16.5 Å². The van der Waals surface area contributed by atoms with Crippen molar-refractivity contribution in [2.45, 2.75) is 153 Å². The Hall–Kier alpha value is -0.790. The summed E-state index contributed by atoms with van der Waals surface area (Å²) in [6.07, 6.45) is 27.3. The van der Waals surface area contributed by atoms with Crippen LogP contribution in [0.2, 0.25) is 0 Å². The first kappa shape index (κ1) is 48.2. The summed E-state index contributed by atoms with van der Waals surface area (Å²) in [5.41, 5.74) is -0.0155. The first-order valence-electron chi connectivity index (χ1n) is 19.0. The van der Waals surface area contributed by atoms with Crippen LogP contribution in [0.4, 0.5) is 0 Å². The summed E-state index contributed by atoms with van der Waals surface area (Å²) in [6, 6.07) is 4.36. The van der Waals surface area contributed by atoms with Crippen molar-refractivity contribution in [1.82, 2.24) is 0 Å². The standard InChI is InChI=1S/C39H62O6S6/c1-3-5-7-9-11-13-15-17-19-21-23-48-38(46)50-35(28-40)30-44-33-25-32(37(42)43)26-34(27-33)45-31-36(29-41)51-39(47)49-24-22-20-18-16-14-12-10-8-6-4-2/h25-29,35-36H,3-24,30-31H2,1-2H3,(H,42,43). The van der Waals surface area contributed by atoms with Gasteiger partial charge in [-0.05, 0) is 36.5 Å². The summed E-state index contributed by atoms with van der Waals surface area (Å²) < 4.78 is 13.1. The van der Waals surface area contributed by atoms with Crippen molar-refractivity contribution >= 4 is 97.1 Å². The number of hydrogen-bond acceptors (Lipinski definition) is 11. The Balaban J connectivity index is 2.40. The van der Waals surface area contributed by atoms with Crippen LogP contribution >= 0.6 is 71.5 Å². The van der Waals surface area contributed by atoms with Crippen molar-refractivity contribution in [2.24, 2.45) is 0 Å². The van der Waals surface area contributed by atoms with E-state index in [0.29, 0.717) is 7.06 Å². The Labute approximate surface area is 336 Å². The quantitative estimate of drug-likeness (QED) is 0.0416. The predicted octanol–water partition coefficient (Wildman–Crippen LogP) is 12.6. The van der Waals surface area contributed by atoms with E-state index in [1.54, 1.807) is 29.6 Å². The molecule has 0 fully saturated rings. The van der Waals surface area contributed by atoms with Crippen LogP contribution in [0.3, 0.4) is 0 Å². The molecule has 6 nitrogen and oxygen atoms in total. The zero-order valence-corrected chi connectivity index (χ0v) is 35.8. The van der Waals surface area contributed by atoms with Crippen LogP contribution in [-0.4, -0.2) is 65.9 Å². The Morgan fingerprint density at radius 2 is 0.941 bits per heavy atom. The third-order valence-electron chi connectivity index (χ3n) is 8.19. The topological polar surface area (TPSA) is 89.9 Å². The first-order chi connectivity index (χ1) is 24.8. The summed E-state index contributed by atoms with van der Waals surface area (Å²) >= 11 is 16.8. The zero-order valence-electron chi connectivity index (χ0n) is 30.9. The van der Waals surface area contributed by atoms with Gasteiger partial charge >= 0.3 is 5.97 Å². The highest BCUT2D eigenvalue weighted by atomic mass is 32.2. The van der Waals surface area contributed by atoms with Crippen LogP contribution < -0.4 is 9.47 Å². The summed E-state index contributed by atoms with van der Waals surface area (Å²) in [5, 5.41) is 8.61. The van der Waals surface area contributed by atoms with Crippen LogP contribution in [0.1, 0.15) is 153 Å². The van der Waals surface area contributed by atoms with Crippen molar-refractivity contribution in [1.29, 1.82) is 0 Å². The van der Waals surface area contributed by atoms with Gasteiger partial charge in [0.05, 0.1) is 5.56 Å². The molecule has 0 spiro atoms. The minimum atomic E-state index is -1.14. The van der Waals surface area contributed by atoms with E-state index in [4.69, 9.17) is 33.9 Å². The molecule has 1 aromatic carbocycles. The van der Waals surface area contributed by atoms with E-state index >= 15 is 0 Å². The number of unbranched alkanes of at least 4 members (excludes halogenated alkanes) is 18. The van der Waals surface area contributed by atoms with Gasteiger partial charge in [-0.1, -0.05) is 177 Å². The average Bonchev–Trinajstić information content (AvgIpc) is 3.12. The molecule has 2 atom stereocenters. The maximum absolute atomic E-state index is 11.8. The Bertz CT molecular complexity index is 1030. The van der Waals surface area contributed by atoms with Crippen molar-refractivity contribution in [3.63, 3.8) is 0 Å². The van der Waals surface area contributed by atoms with E-state index in [9.17, 15) is 19.5 Å². The third kappa shape index (κ3) is 27.5. The van der Waals surface area contributed by atoms with Gasteiger partial charge in [0, 0.05) is 6.07 Å². The number of carbonyl (C=O) groups is 3. The van der Waals surface area contributed by atoms with Crippen molar-refractivity contribution in [3.05, 3.63) is 23.8 Å². The van der Waals surface area contributed by atoms with Gasteiger partial charge in [-0.2, -0.15) is 0 Å². The Kier molecular flexibility index (Phi) is 31.9. The van der Waals surface area contributed by atoms with E-state index in [-0.39, 0.29) is 30.3 Å². The molecule has 0 saturated heterocycles. The highest BCUT2D eigenvalue weighted by molar-refractivity contribution is 8.48. The largest absolute Gasteiger partial charge is 0.492 e. The molecular weight excluding hydrogens is 757 g/mol. The molecule has 1 N–H and O–H groups in total. The smallest absolute Gasteiger partial charge is 0.335 e. The lowest BCUT2D eigenvalue weighted by Crippen LogP contribution is -2.18. The van der Waals surface area contributed by atoms with Crippen LogP contribution in [0, 0.1) is 0 Å². The fraction of sp³-hybridized carbons (Fsp3) is 0.718. The maximum atomic E-state index is 11.8. The monoisotopic (exact) mass is 818 g/mol. The van der Waals surface area contributed by atoms with E-state index in [2.05, 4.69) is 13.8 Å². The number of ether oxygens (including phenoxy) is 2. The number of thioether (sulfide) groups is 4. The summed E-state index contributed by atoms with van der Waals surface area (Å²) in [4.78, 5) is 35.4. The van der Waals surface area contributed by atoms with Crippen molar-refractivity contribution in [2.75, 3.05) is 24.7 Å². The Morgan fingerprint density at radius 3 is 1.25 bits per heavy atom. The molecular formula is C39H62O6S6. The molecule has 2 unspecified atom stereocenters. The molecule has 51 heavy (non-hydrogen) atoms. The van der Waals surface area contributed by atoms with Gasteiger partial charge in [-0.15, -0.1) is 23.5 Å². The summed E-state index contributed by atoms with van der Waals surface area (Å²) in [7, 11) is 0. The molecule has 0 aliphatic rings.